The number of hydrogen-bond donors (Lipinski definition) is 1. The molecule has 0 atom stereocenters. The summed E-state index contributed by atoms with van der Waals surface area (Å²) in [6.45, 7) is 2.40. The molecule has 1 saturated heterocycles. The average Bonchev–Trinajstić information content (AvgIpc) is 2.77. The van der Waals surface area contributed by atoms with E-state index in [-0.39, 0.29) is 6.09 Å². The van der Waals surface area contributed by atoms with Crippen molar-refractivity contribution in [3.8, 4) is 0 Å². The van der Waals surface area contributed by atoms with Gasteiger partial charge in [0.2, 0.25) is 0 Å². The van der Waals surface area contributed by atoms with Crippen LogP contribution in [0.15, 0.2) is 12.1 Å². The van der Waals surface area contributed by atoms with E-state index in [2.05, 4.69) is 0 Å². The van der Waals surface area contributed by atoms with Gasteiger partial charge in [-0.3, -0.25) is 4.90 Å². The lowest BCUT2D eigenvalue weighted by Gasteiger charge is -2.09. The van der Waals surface area contributed by atoms with Crippen molar-refractivity contribution in [2.24, 2.45) is 5.73 Å². The van der Waals surface area contributed by atoms with E-state index in [1.807, 2.05) is 12.1 Å². The number of rotatable bonds is 3. The Morgan fingerprint density at radius 2 is 2.29 bits per heavy atom. The highest BCUT2D eigenvalue weighted by atomic mass is 32.1. The Morgan fingerprint density at radius 1 is 1.50 bits per heavy atom. The van der Waals surface area contributed by atoms with Crippen LogP contribution in [-0.2, 0) is 17.8 Å². The summed E-state index contributed by atoms with van der Waals surface area (Å²) in [5, 5.41) is 0. The number of amides is 1. The summed E-state index contributed by atoms with van der Waals surface area (Å²) in [6.07, 6.45) is -0.215. The fraction of sp³-hybridized carbons (Fsp3) is 0.444. The lowest BCUT2D eigenvalue weighted by molar-refractivity contribution is 0.157. The molecule has 0 bridgehead atoms. The van der Waals surface area contributed by atoms with Crippen LogP contribution in [0.3, 0.4) is 0 Å². The Bertz CT molecular complexity index is 337. The fourth-order valence-electron chi connectivity index (χ4n) is 1.37. The number of carbonyl (C=O) groups excluding carboxylic acids is 1. The topological polar surface area (TPSA) is 55.6 Å². The maximum absolute atomic E-state index is 11.1. The maximum atomic E-state index is 11.1. The van der Waals surface area contributed by atoms with E-state index < -0.39 is 0 Å². The maximum Gasteiger partial charge on any atom is 0.410 e. The molecule has 2 N–H and O–H groups in total. The zero-order valence-corrected chi connectivity index (χ0v) is 8.55. The Labute approximate surface area is 86.3 Å². The second kappa shape index (κ2) is 3.98. The van der Waals surface area contributed by atoms with E-state index in [0.717, 1.165) is 9.75 Å². The molecular formula is C9H12N2O2S. The smallest absolute Gasteiger partial charge is 0.410 e. The monoisotopic (exact) mass is 212 g/mol. The number of nitrogens with zero attached hydrogens (tertiary/aromatic N) is 1. The zero-order valence-electron chi connectivity index (χ0n) is 7.73. The molecule has 1 aliphatic rings. The first-order valence-electron chi connectivity index (χ1n) is 4.49. The quantitative estimate of drug-likeness (QED) is 0.818. The molecular weight excluding hydrogens is 200 g/mol. The molecule has 2 heterocycles. The van der Waals surface area contributed by atoms with Gasteiger partial charge < -0.3 is 10.5 Å². The van der Waals surface area contributed by atoms with Crippen molar-refractivity contribution in [2.75, 3.05) is 13.2 Å². The van der Waals surface area contributed by atoms with Crippen LogP contribution in [0.2, 0.25) is 0 Å². The van der Waals surface area contributed by atoms with Crippen molar-refractivity contribution in [3.63, 3.8) is 0 Å². The molecule has 2 rings (SSSR count). The first-order valence-corrected chi connectivity index (χ1v) is 5.30. The van der Waals surface area contributed by atoms with Gasteiger partial charge in [0.25, 0.3) is 0 Å². The highest BCUT2D eigenvalue weighted by Gasteiger charge is 2.22. The molecule has 0 spiro atoms. The Kier molecular flexibility index (Phi) is 2.69. The third-order valence-corrected chi connectivity index (χ3v) is 3.20. The van der Waals surface area contributed by atoms with Crippen LogP contribution in [0, 0.1) is 0 Å². The number of cyclic esters (lactones) is 1. The van der Waals surface area contributed by atoms with E-state index in [1.165, 1.54) is 0 Å². The minimum Gasteiger partial charge on any atom is -0.448 e. The summed E-state index contributed by atoms with van der Waals surface area (Å²) in [4.78, 5) is 15.1. The average molecular weight is 212 g/mol. The van der Waals surface area contributed by atoms with E-state index in [0.29, 0.717) is 26.2 Å². The summed E-state index contributed by atoms with van der Waals surface area (Å²) in [6, 6.07) is 4.01. The van der Waals surface area contributed by atoms with Crippen LogP contribution in [0.5, 0.6) is 0 Å². The highest BCUT2D eigenvalue weighted by Crippen LogP contribution is 2.19. The summed E-state index contributed by atoms with van der Waals surface area (Å²) in [5.41, 5.74) is 5.50. The van der Waals surface area contributed by atoms with Gasteiger partial charge in [-0.2, -0.15) is 0 Å². The van der Waals surface area contributed by atoms with E-state index in [9.17, 15) is 4.79 Å². The van der Waals surface area contributed by atoms with Gasteiger partial charge >= 0.3 is 6.09 Å². The SMILES string of the molecule is NCc1ccc(CN2CCOC2=O)s1. The number of thiophene rings is 1. The molecule has 0 aliphatic carbocycles. The van der Waals surface area contributed by atoms with Crippen molar-refractivity contribution >= 4 is 17.4 Å². The molecule has 0 saturated carbocycles. The van der Waals surface area contributed by atoms with Gasteiger partial charge in [-0.15, -0.1) is 11.3 Å². The minimum absolute atomic E-state index is 0.215. The molecule has 5 heteroatoms. The molecule has 0 unspecified atom stereocenters. The third-order valence-electron chi connectivity index (χ3n) is 2.11. The molecule has 4 nitrogen and oxygen atoms in total. The molecule has 0 aromatic carbocycles. The molecule has 0 radical (unpaired) electrons. The number of carbonyl (C=O) groups is 1. The summed E-state index contributed by atoms with van der Waals surface area (Å²) >= 11 is 1.65. The standard InChI is InChI=1S/C9H12N2O2S/c10-5-7-1-2-8(14-7)6-11-3-4-13-9(11)12/h1-2H,3-6,10H2. The molecule has 76 valence electrons. The normalized spacial score (nSPS) is 16.1. The van der Waals surface area contributed by atoms with Gasteiger partial charge in [0.05, 0.1) is 13.1 Å². The van der Waals surface area contributed by atoms with Crippen molar-refractivity contribution in [3.05, 3.63) is 21.9 Å². The van der Waals surface area contributed by atoms with Gasteiger partial charge in [-0.05, 0) is 12.1 Å². The summed E-state index contributed by atoms with van der Waals surface area (Å²) in [5.74, 6) is 0. The van der Waals surface area contributed by atoms with Crippen LogP contribution < -0.4 is 5.73 Å². The first-order chi connectivity index (χ1) is 6.79. The second-order valence-corrected chi connectivity index (χ2v) is 4.36. The Morgan fingerprint density at radius 3 is 2.86 bits per heavy atom. The van der Waals surface area contributed by atoms with Crippen molar-refractivity contribution in [1.29, 1.82) is 0 Å². The van der Waals surface area contributed by atoms with E-state index >= 15 is 0 Å². The fourth-order valence-corrected chi connectivity index (χ4v) is 2.29. The van der Waals surface area contributed by atoms with E-state index in [4.69, 9.17) is 10.5 Å². The predicted molar refractivity (Wildman–Crippen MR) is 54.0 cm³/mol. The van der Waals surface area contributed by atoms with Gasteiger partial charge in [0.15, 0.2) is 0 Å². The number of ether oxygens (including phenoxy) is 1. The van der Waals surface area contributed by atoms with Crippen LogP contribution >= 0.6 is 11.3 Å². The van der Waals surface area contributed by atoms with Crippen LogP contribution in [0.4, 0.5) is 4.79 Å². The van der Waals surface area contributed by atoms with Crippen molar-refractivity contribution < 1.29 is 9.53 Å². The Balaban J connectivity index is 1.99. The number of nitrogens with two attached hydrogens (primary N) is 1. The molecule has 1 aliphatic heterocycles. The van der Waals surface area contributed by atoms with Gasteiger partial charge in [-0.25, -0.2) is 4.79 Å². The van der Waals surface area contributed by atoms with Crippen LogP contribution in [-0.4, -0.2) is 24.1 Å². The molecule has 1 aromatic heterocycles. The number of hydrogen-bond acceptors (Lipinski definition) is 4. The zero-order chi connectivity index (χ0) is 9.97. The molecule has 1 aromatic rings. The molecule has 14 heavy (non-hydrogen) atoms. The van der Waals surface area contributed by atoms with E-state index in [1.54, 1.807) is 16.2 Å². The van der Waals surface area contributed by atoms with Gasteiger partial charge in [0, 0.05) is 16.3 Å². The Hall–Kier alpha value is -1.07. The molecule has 1 amide bonds. The highest BCUT2D eigenvalue weighted by molar-refractivity contribution is 7.11. The summed E-state index contributed by atoms with van der Waals surface area (Å²) < 4.78 is 4.84. The van der Waals surface area contributed by atoms with Gasteiger partial charge in [0.1, 0.15) is 6.61 Å². The lowest BCUT2D eigenvalue weighted by atomic mass is 10.4. The van der Waals surface area contributed by atoms with Crippen molar-refractivity contribution in [1.82, 2.24) is 4.90 Å². The molecule has 1 fully saturated rings. The lowest BCUT2D eigenvalue weighted by Crippen LogP contribution is -2.22. The van der Waals surface area contributed by atoms with Crippen LogP contribution in [0.25, 0.3) is 0 Å². The summed E-state index contributed by atoms with van der Waals surface area (Å²) in [7, 11) is 0. The third kappa shape index (κ3) is 1.88. The van der Waals surface area contributed by atoms with Crippen LogP contribution in [0.1, 0.15) is 9.75 Å². The van der Waals surface area contributed by atoms with Gasteiger partial charge in [-0.1, -0.05) is 0 Å². The first kappa shape index (κ1) is 9.48. The van der Waals surface area contributed by atoms with Crippen molar-refractivity contribution in [2.45, 2.75) is 13.1 Å². The minimum atomic E-state index is -0.215. The largest absolute Gasteiger partial charge is 0.448 e. The second-order valence-electron chi connectivity index (χ2n) is 3.11. The predicted octanol–water partition coefficient (Wildman–Crippen LogP) is 1.16.